The highest BCUT2D eigenvalue weighted by molar-refractivity contribution is 7.80. The molecule has 7 heteroatoms. The molecule has 0 spiro atoms. The molecule has 0 bridgehead atoms. The summed E-state index contributed by atoms with van der Waals surface area (Å²) in [5.41, 5.74) is 4.93. The van der Waals surface area contributed by atoms with Crippen LogP contribution in [0.5, 0.6) is 0 Å². The van der Waals surface area contributed by atoms with Gasteiger partial charge in [0.05, 0.1) is 6.54 Å². The quantitative estimate of drug-likeness (QED) is 0.303. The summed E-state index contributed by atoms with van der Waals surface area (Å²) in [5, 5.41) is 2.28. The van der Waals surface area contributed by atoms with Crippen molar-refractivity contribution >= 4 is 30.5 Å². The predicted octanol–water partition coefficient (Wildman–Crippen LogP) is -1.55. The first-order valence-electron chi connectivity index (χ1n) is 3.83. The maximum absolute atomic E-state index is 11.1. The fourth-order valence-corrected chi connectivity index (χ4v) is 0.890. The maximum atomic E-state index is 11.1. The number of thiol groups is 1. The highest BCUT2D eigenvalue weighted by Gasteiger charge is 2.21. The van der Waals surface area contributed by atoms with E-state index in [1.807, 2.05) is 0 Å². The molecule has 1 amide bonds. The van der Waals surface area contributed by atoms with E-state index in [9.17, 15) is 14.4 Å². The zero-order valence-corrected chi connectivity index (χ0v) is 8.54. The van der Waals surface area contributed by atoms with E-state index in [1.165, 1.54) is 6.92 Å². The van der Waals surface area contributed by atoms with E-state index in [0.29, 0.717) is 0 Å². The number of hydrogen-bond acceptors (Lipinski definition) is 6. The Morgan fingerprint density at radius 1 is 1.50 bits per heavy atom. The van der Waals surface area contributed by atoms with Crippen LogP contribution in [-0.2, 0) is 19.1 Å². The molecule has 0 saturated heterocycles. The second kappa shape index (κ2) is 6.39. The summed E-state index contributed by atoms with van der Waals surface area (Å²) in [7, 11) is 0. The molecule has 1 atom stereocenters. The van der Waals surface area contributed by atoms with Crippen molar-refractivity contribution in [2.45, 2.75) is 13.0 Å². The van der Waals surface area contributed by atoms with E-state index in [4.69, 9.17) is 5.73 Å². The van der Waals surface area contributed by atoms with Crippen LogP contribution >= 0.6 is 12.6 Å². The van der Waals surface area contributed by atoms with Crippen molar-refractivity contribution in [3.63, 3.8) is 0 Å². The molecular formula is C7H12N2O4S. The van der Waals surface area contributed by atoms with Crippen molar-refractivity contribution < 1.29 is 19.1 Å². The third kappa shape index (κ3) is 4.83. The molecule has 3 N–H and O–H groups in total. The molecule has 14 heavy (non-hydrogen) atoms. The Bertz CT molecular complexity index is 244. The zero-order valence-electron chi connectivity index (χ0n) is 7.65. The van der Waals surface area contributed by atoms with E-state index in [1.54, 1.807) is 0 Å². The molecule has 0 aromatic heterocycles. The van der Waals surface area contributed by atoms with Gasteiger partial charge in [-0.2, -0.15) is 12.6 Å². The third-order valence-electron chi connectivity index (χ3n) is 1.23. The molecule has 0 aromatic rings. The maximum Gasteiger partial charge on any atom is 0.337 e. The van der Waals surface area contributed by atoms with E-state index < -0.39 is 23.9 Å². The molecule has 0 saturated carbocycles. The van der Waals surface area contributed by atoms with Gasteiger partial charge in [0, 0.05) is 12.7 Å². The Morgan fingerprint density at radius 3 is 2.43 bits per heavy atom. The second-order valence-corrected chi connectivity index (χ2v) is 2.80. The number of carbonyl (C=O) groups is 3. The molecule has 0 heterocycles. The van der Waals surface area contributed by atoms with Gasteiger partial charge in [0.25, 0.3) is 0 Å². The van der Waals surface area contributed by atoms with Crippen LogP contribution < -0.4 is 11.1 Å². The van der Waals surface area contributed by atoms with Gasteiger partial charge in [0.1, 0.15) is 6.04 Å². The molecule has 0 unspecified atom stereocenters. The molecule has 0 aromatic carbocycles. The smallest absolute Gasteiger partial charge is 0.337 e. The summed E-state index contributed by atoms with van der Waals surface area (Å²) in [4.78, 5) is 32.3. The van der Waals surface area contributed by atoms with E-state index in [0.717, 1.165) is 0 Å². The lowest BCUT2D eigenvalue weighted by Crippen LogP contribution is -2.43. The lowest BCUT2D eigenvalue weighted by molar-refractivity contribution is -0.160. The number of amides is 1. The van der Waals surface area contributed by atoms with Crippen molar-refractivity contribution in [3.8, 4) is 0 Å². The van der Waals surface area contributed by atoms with Gasteiger partial charge in [0.15, 0.2) is 0 Å². The largest absolute Gasteiger partial charge is 0.391 e. The minimum atomic E-state index is -0.925. The zero-order chi connectivity index (χ0) is 11.1. The van der Waals surface area contributed by atoms with Gasteiger partial charge in [-0.05, 0) is 0 Å². The standard InChI is InChI=1S/C7H12N2O4S/c1-4(10)9-5(3-14)7(12)13-6(11)2-8/h5,14H,2-3,8H2,1H3,(H,9,10)/t5-/m0/s1. The van der Waals surface area contributed by atoms with Crippen molar-refractivity contribution in [1.82, 2.24) is 5.32 Å². The minimum absolute atomic E-state index is 0.0518. The molecule has 0 radical (unpaired) electrons. The van der Waals surface area contributed by atoms with Gasteiger partial charge >= 0.3 is 11.9 Å². The highest BCUT2D eigenvalue weighted by atomic mass is 32.1. The first kappa shape index (κ1) is 12.9. The Kier molecular flexibility index (Phi) is 5.89. The molecule has 80 valence electrons. The van der Waals surface area contributed by atoms with Gasteiger partial charge in [-0.15, -0.1) is 0 Å². The minimum Gasteiger partial charge on any atom is -0.391 e. The van der Waals surface area contributed by atoms with Gasteiger partial charge in [-0.3, -0.25) is 9.59 Å². The summed E-state index contributed by atoms with van der Waals surface area (Å²) < 4.78 is 4.29. The monoisotopic (exact) mass is 220 g/mol. The van der Waals surface area contributed by atoms with Crippen LogP contribution in [0.25, 0.3) is 0 Å². The average Bonchev–Trinajstić information content (AvgIpc) is 2.13. The third-order valence-corrected chi connectivity index (χ3v) is 1.59. The first-order valence-corrected chi connectivity index (χ1v) is 4.47. The second-order valence-electron chi connectivity index (χ2n) is 2.43. The summed E-state index contributed by atoms with van der Waals surface area (Å²) >= 11 is 3.82. The number of ether oxygens (including phenoxy) is 1. The molecule has 0 aliphatic heterocycles. The van der Waals surface area contributed by atoms with Crippen molar-refractivity contribution in [3.05, 3.63) is 0 Å². The fourth-order valence-electron chi connectivity index (χ4n) is 0.649. The molecule has 0 fully saturated rings. The lowest BCUT2D eigenvalue weighted by atomic mass is 10.3. The fraction of sp³-hybridized carbons (Fsp3) is 0.571. The van der Waals surface area contributed by atoms with Gasteiger partial charge in [0.2, 0.25) is 5.91 Å². The van der Waals surface area contributed by atoms with Gasteiger partial charge < -0.3 is 15.8 Å². The average molecular weight is 220 g/mol. The van der Waals surface area contributed by atoms with E-state index >= 15 is 0 Å². The molecule has 0 aliphatic carbocycles. The van der Waals surface area contributed by atoms with Crippen molar-refractivity contribution in [1.29, 1.82) is 0 Å². The number of nitrogens with one attached hydrogen (secondary N) is 1. The van der Waals surface area contributed by atoms with E-state index in [-0.39, 0.29) is 12.3 Å². The molecule has 0 aliphatic rings. The SMILES string of the molecule is CC(=O)N[C@@H](CS)C(=O)OC(=O)CN. The number of carbonyl (C=O) groups excluding carboxylic acids is 3. The molecule has 0 rings (SSSR count). The first-order chi connectivity index (χ1) is 6.51. The summed E-state index contributed by atoms with van der Waals surface area (Å²) in [6.07, 6.45) is 0. The Labute approximate surface area is 86.6 Å². The Hall–Kier alpha value is -1.08. The topological polar surface area (TPSA) is 98.5 Å². The van der Waals surface area contributed by atoms with Crippen molar-refractivity contribution in [2.75, 3.05) is 12.3 Å². The van der Waals surface area contributed by atoms with Crippen LogP contribution in [-0.4, -0.2) is 36.2 Å². The Morgan fingerprint density at radius 2 is 2.07 bits per heavy atom. The van der Waals surface area contributed by atoms with Gasteiger partial charge in [-0.25, -0.2) is 4.79 Å². The number of nitrogens with two attached hydrogens (primary N) is 1. The van der Waals surface area contributed by atoms with Crippen LogP contribution in [0.15, 0.2) is 0 Å². The summed E-state index contributed by atoms with van der Waals surface area (Å²) in [6.45, 7) is 0.861. The number of rotatable bonds is 4. The highest BCUT2D eigenvalue weighted by Crippen LogP contribution is 1.93. The number of esters is 2. The van der Waals surface area contributed by atoms with Crippen LogP contribution in [0, 0.1) is 0 Å². The van der Waals surface area contributed by atoms with Crippen LogP contribution in [0.1, 0.15) is 6.92 Å². The summed E-state index contributed by atoms with van der Waals surface area (Å²) in [6, 6.07) is -0.925. The Balaban J connectivity index is 4.17. The predicted molar refractivity (Wildman–Crippen MR) is 51.6 cm³/mol. The lowest BCUT2D eigenvalue weighted by Gasteiger charge is -2.12. The van der Waals surface area contributed by atoms with Crippen molar-refractivity contribution in [2.24, 2.45) is 5.73 Å². The number of hydrogen-bond donors (Lipinski definition) is 3. The normalized spacial score (nSPS) is 11.6. The van der Waals surface area contributed by atoms with Crippen LogP contribution in [0.3, 0.4) is 0 Å². The van der Waals surface area contributed by atoms with Gasteiger partial charge in [-0.1, -0.05) is 0 Å². The van der Waals surface area contributed by atoms with E-state index in [2.05, 4.69) is 22.7 Å². The van der Waals surface area contributed by atoms with Crippen LogP contribution in [0.2, 0.25) is 0 Å². The molecule has 6 nitrogen and oxygen atoms in total. The summed E-state index contributed by atoms with van der Waals surface area (Å²) in [5.74, 6) is -2.05. The van der Waals surface area contributed by atoms with Crippen LogP contribution in [0.4, 0.5) is 0 Å². The molecular weight excluding hydrogens is 208 g/mol.